The first-order chi connectivity index (χ1) is 18.6. The molecule has 0 unspecified atom stereocenters. The third-order valence-electron chi connectivity index (χ3n) is 5.87. The van der Waals surface area contributed by atoms with Crippen molar-refractivity contribution in [2.75, 3.05) is 0 Å². The molecule has 0 aliphatic rings. The van der Waals surface area contributed by atoms with Gasteiger partial charge in [-0.05, 0) is 104 Å². The van der Waals surface area contributed by atoms with Crippen LogP contribution in [0.1, 0.15) is 26.5 Å². The molecular formula is C32H27F2NO4. The van der Waals surface area contributed by atoms with E-state index >= 15 is 0 Å². The Bertz CT molecular complexity index is 1600. The summed E-state index contributed by atoms with van der Waals surface area (Å²) in [4.78, 5) is 12.1. The summed E-state index contributed by atoms with van der Waals surface area (Å²) in [5, 5.41) is 3.55. The summed E-state index contributed by atoms with van der Waals surface area (Å²) >= 11 is 0. The molecule has 39 heavy (non-hydrogen) atoms. The molecule has 7 heteroatoms. The summed E-state index contributed by atoms with van der Waals surface area (Å²) < 4.78 is 44.1. The molecule has 5 rings (SSSR count). The Kier molecular flexibility index (Phi) is 7.07. The van der Waals surface area contributed by atoms with Crippen molar-refractivity contribution >= 4 is 17.1 Å². The number of benzene rings is 4. The Morgan fingerprint density at radius 3 is 1.95 bits per heavy atom. The second-order valence-corrected chi connectivity index (χ2v) is 10.1. The Labute approximate surface area is 225 Å². The molecule has 0 fully saturated rings. The van der Waals surface area contributed by atoms with Crippen molar-refractivity contribution in [2.24, 2.45) is 0 Å². The van der Waals surface area contributed by atoms with E-state index in [0.717, 1.165) is 27.6 Å². The van der Waals surface area contributed by atoms with Gasteiger partial charge in [0.1, 0.15) is 40.1 Å². The van der Waals surface area contributed by atoms with Gasteiger partial charge in [-0.2, -0.15) is 0 Å². The fraction of sp³-hybridized carbons (Fsp3) is 0.156. The lowest BCUT2D eigenvalue weighted by atomic mass is 9.96. The molecule has 4 aromatic carbocycles. The highest BCUT2D eigenvalue weighted by Crippen LogP contribution is 2.37. The largest absolute Gasteiger partial charge is 0.459 e. The topological polar surface area (TPSA) is 60.7 Å². The molecular weight excluding hydrogens is 500 g/mol. The summed E-state index contributed by atoms with van der Waals surface area (Å²) in [5.74, 6) is 1.05. The number of carbonyl (C=O) groups excluding carboxylic acids is 1. The molecule has 0 radical (unpaired) electrons. The van der Waals surface area contributed by atoms with Crippen LogP contribution in [0.5, 0.6) is 11.5 Å². The highest BCUT2D eigenvalue weighted by Gasteiger charge is 2.18. The van der Waals surface area contributed by atoms with E-state index in [1.165, 1.54) is 24.3 Å². The van der Waals surface area contributed by atoms with Crippen LogP contribution in [0.3, 0.4) is 0 Å². The van der Waals surface area contributed by atoms with Crippen molar-refractivity contribution in [3.63, 3.8) is 0 Å². The zero-order valence-electron chi connectivity index (χ0n) is 21.8. The molecule has 1 amide bonds. The fourth-order valence-electron chi connectivity index (χ4n) is 4.13. The first-order valence-corrected chi connectivity index (χ1v) is 12.5. The third-order valence-corrected chi connectivity index (χ3v) is 5.87. The highest BCUT2D eigenvalue weighted by molar-refractivity contribution is 5.97. The maximum atomic E-state index is 13.7. The van der Waals surface area contributed by atoms with Gasteiger partial charge in [-0.25, -0.2) is 13.6 Å². The first kappa shape index (κ1) is 26.0. The zero-order chi connectivity index (χ0) is 27.6. The molecule has 198 valence electrons. The summed E-state index contributed by atoms with van der Waals surface area (Å²) in [5.41, 5.74) is 3.45. The monoisotopic (exact) mass is 527 g/mol. The number of hydrogen-bond acceptors (Lipinski definition) is 4. The van der Waals surface area contributed by atoms with Gasteiger partial charge in [0.15, 0.2) is 0 Å². The Morgan fingerprint density at radius 2 is 1.33 bits per heavy atom. The van der Waals surface area contributed by atoms with Gasteiger partial charge >= 0.3 is 6.09 Å². The van der Waals surface area contributed by atoms with E-state index in [1.54, 1.807) is 45.0 Å². The molecule has 0 aliphatic heterocycles. The SMILES string of the molecule is CC(C)(C)OC(=O)NCc1cc2cc(-c3ccc(Oc4ccc(F)cc4)cc3)cc(-c3ccc(F)cc3)c2o1. The van der Waals surface area contributed by atoms with E-state index < -0.39 is 11.7 Å². The number of nitrogens with one attached hydrogen (secondary N) is 1. The Morgan fingerprint density at radius 1 is 0.769 bits per heavy atom. The lowest BCUT2D eigenvalue weighted by Crippen LogP contribution is -2.32. The number of carbonyl (C=O) groups is 1. The highest BCUT2D eigenvalue weighted by atomic mass is 19.1. The van der Waals surface area contributed by atoms with Gasteiger partial charge in [0, 0.05) is 10.9 Å². The van der Waals surface area contributed by atoms with Gasteiger partial charge in [0.05, 0.1) is 6.54 Å². The number of halogens is 2. The van der Waals surface area contributed by atoms with Crippen molar-refractivity contribution in [2.45, 2.75) is 32.9 Å². The lowest BCUT2D eigenvalue weighted by Gasteiger charge is -2.19. The minimum atomic E-state index is -0.609. The Balaban J connectivity index is 1.46. The van der Waals surface area contributed by atoms with Crippen LogP contribution in [-0.2, 0) is 11.3 Å². The zero-order valence-corrected chi connectivity index (χ0v) is 21.8. The van der Waals surface area contributed by atoms with Crippen LogP contribution in [0.25, 0.3) is 33.2 Å². The number of furan rings is 1. The second-order valence-electron chi connectivity index (χ2n) is 10.1. The number of alkyl carbamates (subject to hydrolysis) is 1. The standard InChI is InChI=1S/C32H27F2NO4/c1-32(2,3)39-31(36)35-19-28-17-23-16-22(18-29(30(23)38-28)21-4-8-24(33)9-5-21)20-6-12-26(13-7-20)37-27-14-10-25(34)11-15-27/h4-18H,19H2,1-3H3,(H,35,36). The van der Waals surface area contributed by atoms with E-state index in [4.69, 9.17) is 13.9 Å². The van der Waals surface area contributed by atoms with Gasteiger partial charge in [0.25, 0.3) is 0 Å². The van der Waals surface area contributed by atoms with Gasteiger partial charge in [0.2, 0.25) is 0 Å². The molecule has 0 aliphatic carbocycles. The fourth-order valence-corrected chi connectivity index (χ4v) is 4.13. The predicted octanol–water partition coefficient (Wildman–Crippen LogP) is 8.86. The summed E-state index contributed by atoms with van der Waals surface area (Å²) in [6.45, 7) is 5.54. The quantitative estimate of drug-likeness (QED) is 0.240. The average molecular weight is 528 g/mol. The van der Waals surface area contributed by atoms with Gasteiger partial charge in [-0.15, -0.1) is 0 Å². The van der Waals surface area contributed by atoms with Crippen LogP contribution in [0.4, 0.5) is 13.6 Å². The van der Waals surface area contributed by atoms with E-state index in [9.17, 15) is 13.6 Å². The summed E-state index contributed by atoms with van der Waals surface area (Å²) in [7, 11) is 0. The van der Waals surface area contributed by atoms with E-state index in [0.29, 0.717) is 22.8 Å². The van der Waals surface area contributed by atoms with Crippen LogP contribution in [0, 0.1) is 11.6 Å². The van der Waals surface area contributed by atoms with Crippen LogP contribution >= 0.6 is 0 Å². The first-order valence-electron chi connectivity index (χ1n) is 12.5. The minimum absolute atomic E-state index is 0.150. The van der Waals surface area contributed by atoms with Gasteiger partial charge in [-0.3, -0.25) is 0 Å². The minimum Gasteiger partial charge on any atom is -0.459 e. The molecule has 0 bridgehead atoms. The lowest BCUT2D eigenvalue weighted by molar-refractivity contribution is 0.0520. The molecule has 0 saturated heterocycles. The van der Waals surface area contributed by atoms with Crippen molar-refractivity contribution in [1.29, 1.82) is 0 Å². The van der Waals surface area contributed by atoms with Gasteiger partial charge < -0.3 is 19.2 Å². The normalized spacial score (nSPS) is 11.4. The maximum Gasteiger partial charge on any atom is 0.408 e. The smallest absolute Gasteiger partial charge is 0.408 e. The van der Waals surface area contributed by atoms with Crippen molar-refractivity contribution < 1.29 is 27.5 Å². The Hall–Kier alpha value is -4.65. The number of amides is 1. The van der Waals surface area contributed by atoms with Crippen molar-refractivity contribution in [3.05, 3.63) is 108 Å². The molecule has 0 atom stereocenters. The molecule has 5 aromatic rings. The third kappa shape index (κ3) is 6.44. The summed E-state index contributed by atoms with van der Waals surface area (Å²) in [6, 6.07) is 25.4. The molecule has 1 N–H and O–H groups in total. The number of rotatable bonds is 6. The predicted molar refractivity (Wildman–Crippen MR) is 147 cm³/mol. The van der Waals surface area contributed by atoms with Crippen LogP contribution < -0.4 is 10.1 Å². The molecule has 1 heterocycles. The van der Waals surface area contributed by atoms with Crippen LogP contribution in [0.2, 0.25) is 0 Å². The number of hydrogen-bond donors (Lipinski definition) is 1. The van der Waals surface area contributed by atoms with E-state index in [-0.39, 0.29) is 18.2 Å². The van der Waals surface area contributed by atoms with Crippen molar-refractivity contribution in [1.82, 2.24) is 5.32 Å². The maximum absolute atomic E-state index is 13.7. The van der Waals surface area contributed by atoms with E-state index in [2.05, 4.69) is 5.32 Å². The average Bonchev–Trinajstić information content (AvgIpc) is 3.31. The van der Waals surface area contributed by atoms with Crippen molar-refractivity contribution in [3.8, 4) is 33.8 Å². The molecule has 5 nitrogen and oxygen atoms in total. The van der Waals surface area contributed by atoms with Crippen LogP contribution in [-0.4, -0.2) is 11.7 Å². The van der Waals surface area contributed by atoms with E-state index in [1.807, 2.05) is 42.5 Å². The molecule has 0 saturated carbocycles. The molecule has 0 spiro atoms. The van der Waals surface area contributed by atoms with Crippen LogP contribution in [0.15, 0.2) is 95.4 Å². The molecule has 1 aromatic heterocycles. The second kappa shape index (κ2) is 10.6. The van der Waals surface area contributed by atoms with Gasteiger partial charge in [-0.1, -0.05) is 24.3 Å². The number of fused-ring (bicyclic) bond motifs is 1. The number of ether oxygens (including phenoxy) is 2. The summed E-state index contributed by atoms with van der Waals surface area (Å²) in [6.07, 6.45) is -0.537.